The van der Waals surface area contributed by atoms with Gasteiger partial charge in [-0.2, -0.15) is 4.98 Å². The lowest BCUT2D eigenvalue weighted by molar-refractivity contribution is 0.0951. The number of nitrogens with one attached hydrogen (secondary N) is 3. The first-order valence-electron chi connectivity index (χ1n) is 12.6. The molecule has 0 radical (unpaired) electrons. The number of carbonyl (C=O) groups excluding carboxylic acids is 1. The molecule has 1 fully saturated rings. The summed E-state index contributed by atoms with van der Waals surface area (Å²) in [5.41, 5.74) is 4.93. The zero-order chi connectivity index (χ0) is 25.4. The summed E-state index contributed by atoms with van der Waals surface area (Å²) in [5.74, 6) is 1.32. The topological polar surface area (TPSA) is 95.1 Å². The SMILES string of the molecule is CN(C)C1Cc2ccc(Nc3ncc(C(=O)NC4CC4)c(Nc4cccc(C(C)(C)C)n4)n3)cc2C1.[HH]. The average molecular weight is 488 g/mol. The lowest BCUT2D eigenvalue weighted by Crippen LogP contribution is -2.27. The Hall–Kier alpha value is -3.52. The van der Waals surface area contributed by atoms with E-state index in [1.807, 2.05) is 18.2 Å². The molecule has 0 spiro atoms. The van der Waals surface area contributed by atoms with Crippen molar-refractivity contribution in [1.82, 2.24) is 25.2 Å². The van der Waals surface area contributed by atoms with Gasteiger partial charge in [-0.3, -0.25) is 4.79 Å². The summed E-state index contributed by atoms with van der Waals surface area (Å²) < 4.78 is 0. The molecule has 2 aliphatic carbocycles. The van der Waals surface area contributed by atoms with Crippen molar-refractivity contribution in [3.63, 3.8) is 0 Å². The van der Waals surface area contributed by atoms with Gasteiger partial charge in [0.15, 0.2) is 0 Å². The number of hydrogen-bond donors (Lipinski definition) is 3. The summed E-state index contributed by atoms with van der Waals surface area (Å²) in [6.07, 6.45) is 5.70. The van der Waals surface area contributed by atoms with Crippen LogP contribution in [0.4, 0.5) is 23.3 Å². The predicted octanol–water partition coefficient (Wildman–Crippen LogP) is 4.82. The molecule has 1 atom stereocenters. The minimum absolute atomic E-state index is 0. The molecule has 1 aromatic carbocycles. The number of benzene rings is 1. The first kappa shape index (κ1) is 24.2. The second-order valence-corrected chi connectivity index (χ2v) is 11.1. The second-order valence-electron chi connectivity index (χ2n) is 11.1. The molecule has 3 aromatic rings. The highest BCUT2D eigenvalue weighted by molar-refractivity contribution is 5.99. The molecule has 0 aliphatic heterocycles. The van der Waals surface area contributed by atoms with Gasteiger partial charge in [0.25, 0.3) is 5.91 Å². The van der Waals surface area contributed by atoms with Gasteiger partial charge in [0.05, 0.1) is 0 Å². The van der Waals surface area contributed by atoms with E-state index in [2.05, 4.69) is 78.9 Å². The molecule has 3 N–H and O–H groups in total. The summed E-state index contributed by atoms with van der Waals surface area (Å²) in [6, 6.07) is 13.0. The normalized spacial score (nSPS) is 17.1. The van der Waals surface area contributed by atoms with Crippen molar-refractivity contribution in [1.29, 1.82) is 0 Å². The molecule has 2 aliphatic rings. The van der Waals surface area contributed by atoms with Crippen LogP contribution in [-0.4, -0.2) is 51.9 Å². The molecule has 5 rings (SSSR count). The minimum atomic E-state index is -0.175. The van der Waals surface area contributed by atoms with Crippen LogP contribution in [-0.2, 0) is 18.3 Å². The number of hydrogen-bond acceptors (Lipinski definition) is 7. The van der Waals surface area contributed by atoms with Crippen LogP contribution in [0.15, 0.2) is 42.6 Å². The van der Waals surface area contributed by atoms with Crippen LogP contribution in [0.2, 0.25) is 0 Å². The zero-order valence-corrected chi connectivity index (χ0v) is 21.7. The smallest absolute Gasteiger partial charge is 0.256 e. The van der Waals surface area contributed by atoms with Gasteiger partial charge in [0, 0.05) is 36.5 Å². The standard InChI is InChI=1S/C28H35N7O.H2/c1-28(2,3)23-7-6-8-24(32-23)33-25-22(26(36)30-19-11-12-19)16-29-27(34-25)31-20-10-9-17-14-21(35(4)5)15-18(17)13-20;/h6-10,13,16,19,21H,11-12,14-15H2,1-5H3,(H,30,36)(H2,29,31,32,33,34);1H. The Kier molecular flexibility index (Phi) is 6.38. The third kappa shape index (κ3) is 5.49. The van der Waals surface area contributed by atoms with Gasteiger partial charge >= 0.3 is 0 Å². The van der Waals surface area contributed by atoms with Crippen LogP contribution in [0.1, 0.15) is 62.2 Å². The van der Waals surface area contributed by atoms with E-state index >= 15 is 0 Å². The summed E-state index contributed by atoms with van der Waals surface area (Å²) in [6.45, 7) is 6.37. The van der Waals surface area contributed by atoms with E-state index in [0.717, 1.165) is 37.1 Å². The number of aromatic nitrogens is 3. The van der Waals surface area contributed by atoms with Crippen molar-refractivity contribution in [2.75, 3.05) is 24.7 Å². The highest BCUT2D eigenvalue weighted by Crippen LogP contribution is 2.29. The number of amides is 1. The summed E-state index contributed by atoms with van der Waals surface area (Å²) in [7, 11) is 4.26. The zero-order valence-electron chi connectivity index (χ0n) is 21.7. The van der Waals surface area contributed by atoms with E-state index in [1.54, 1.807) is 6.20 Å². The van der Waals surface area contributed by atoms with Gasteiger partial charge < -0.3 is 20.9 Å². The van der Waals surface area contributed by atoms with Gasteiger partial charge in [-0.25, -0.2) is 9.97 Å². The Morgan fingerprint density at radius 1 is 1.03 bits per heavy atom. The molecule has 1 amide bonds. The number of fused-ring (bicyclic) bond motifs is 1. The average Bonchev–Trinajstić information content (AvgIpc) is 3.53. The Labute approximate surface area is 214 Å². The molecule has 2 aromatic heterocycles. The van der Waals surface area contributed by atoms with E-state index in [1.165, 1.54) is 11.1 Å². The van der Waals surface area contributed by atoms with Crippen molar-refractivity contribution in [3.8, 4) is 0 Å². The van der Waals surface area contributed by atoms with Gasteiger partial charge in [-0.15, -0.1) is 0 Å². The molecule has 1 unspecified atom stereocenters. The lowest BCUT2D eigenvalue weighted by Gasteiger charge is -2.19. The fourth-order valence-corrected chi connectivity index (χ4v) is 4.40. The first-order valence-corrected chi connectivity index (χ1v) is 12.6. The molecular weight excluding hydrogens is 450 g/mol. The monoisotopic (exact) mass is 487 g/mol. The molecule has 0 saturated heterocycles. The van der Waals surface area contributed by atoms with Gasteiger partial charge in [-0.05, 0) is 75.2 Å². The maximum absolute atomic E-state index is 12.9. The van der Waals surface area contributed by atoms with Gasteiger partial charge in [0.1, 0.15) is 17.2 Å². The third-order valence-electron chi connectivity index (χ3n) is 6.81. The number of likely N-dealkylation sites (N-methyl/N-ethyl adjacent to an activating group) is 1. The Balaban J connectivity index is 0.00000320. The Morgan fingerprint density at radius 2 is 1.81 bits per heavy atom. The summed E-state index contributed by atoms with van der Waals surface area (Å²) >= 11 is 0. The number of anilines is 4. The Morgan fingerprint density at radius 3 is 2.53 bits per heavy atom. The van der Waals surface area contributed by atoms with Gasteiger partial charge in [0.2, 0.25) is 5.95 Å². The minimum Gasteiger partial charge on any atom is -0.349 e. The molecule has 1 saturated carbocycles. The van der Waals surface area contributed by atoms with E-state index in [4.69, 9.17) is 9.97 Å². The number of nitrogens with zero attached hydrogens (tertiary/aromatic N) is 4. The molecule has 2 heterocycles. The van der Waals surface area contributed by atoms with Crippen LogP contribution in [0.5, 0.6) is 0 Å². The third-order valence-corrected chi connectivity index (χ3v) is 6.81. The summed E-state index contributed by atoms with van der Waals surface area (Å²) in [4.78, 5) is 29.1. The van der Waals surface area contributed by atoms with Crippen molar-refractivity contribution in [2.24, 2.45) is 0 Å². The molecule has 8 nitrogen and oxygen atoms in total. The van der Waals surface area contributed by atoms with Crippen LogP contribution < -0.4 is 16.0 Å². The fraction of sp³-hybridized carbons (Fsp3) is 0.429. The molecule has 190 valence electrons. The Bertz CT molecular complexity index is 1280. The van der Waals surface area contributed by atoms with E-state index < -0.39 is 0 Å². The molecule has 8 heteroatoms. The van der Waals surface area contributed by atoms with E-state index in [0.29, 0.717) is 29.2 Å². The van der Waals surface area contributed by atoms with E-state index in [9.17, 15) is 4.79 Å². The largest absolute Gasteiger partial charge is 0.349 e. The van der Waals surface area contributed by atoms with Crippen LogP contribution in [0, 0.1) is 0 Å². The highest BCUT2D eigenvalue weighted by Gasteiger charge is 2.26. The maximum Gasteiger partial charge on any atom is 0.256 e. The lowest BCUT2D eigenvalue weighted by atomic mass is 9.92. The number of rotatable bonds is 7. The van der Waals surface area contributed by atoms with E-state index in [-0.39, 0.29) is 18.8 Å². The fourth-order valence-electron chi connectivity index (χ4n) is 4.40. The van der Waals surface area contributed by atoms with Crippen molar-refractivity contribution in [2.45, 2.75) is 64.0 Å². The van der Waals surface area contributed by atoms with Crippen molar-refractivity contribution in [3.05, 3.63) is 65.0 Å². The number of pyridine rings is 1. The quantitative estimate of drug-likeness (QED) is 0.440. The molecule has 36 heavy (non-hydrogen) atoms. The molecular formula is C28H37N7O. The highest BCUT2D eigenvalue weighted by atomic mass is 16.1. The number of carbonyl (C=O) groups is 1. The van der Waals surface area contributed by atoms with Crippen LogP contribution >= 0.6 is 0 Å². The predicted molar refractivity (Wildman–Crippen MR) is 145 cm³/mol. The van der Waals surface area contributed by atoms with Crippen LogP contribution in [0.25, 0.3) is 0 Å². The van der Waals surface area contributed by atoms with Gasteiger partial charge in [-0.1, -0.05) is 32.9 Å². The second kappa shape index (κ2) is 9.50. The first-order chi connectivity index (χ1) is 17.2. The van der Waals surface area contributed by atoms with Crippen molar-refractivity contribution < 1.29 is 6.22 Å². The molecule has 0 bridgehead atoms. The summed E-state index contributed by atoms with van der Waals surface area (Å²) in [5, 5.41) is 9.65. The maximum atomic E-state index is 12.9. The van der Waals surface area contributed by atoms with Crippen LogP contribution in [0.3, 0.4) is 0 Å². The van der Waals surface area contributed by atoms with Crippen molar-refractivity contribution >= 4 is 29.2 Å².